The molecule has 2 unspecified atom stereocenters. The van der Waals surface area contributed by atoms with Crippen molar-refractivity contribution < 1.29 is 0 Å². The minimum absolute atomic E-state index is 0.626. The van der Waals surface area contributed by atoms with Crippen LogP contribution in [0.25, 0.3) is 0 Å². The molecule has 0 aliphatic carbocycles. The van der Waals surface area contributed by atoms with E-state index < -0.39 is 0 Å². The second kappa shape index (κ2) is 8.60. The maximum Gasteiger partial charge on any atom is 0.0187 e. The summed E-state index contributed by atoms with van der Waals surface area (Å²) >= 11 is 1.97. The van der Waals surface area contributed by atoms with E-state index in [0.717, 1.165) is 18.2 Å². The molecule has 0 aliphatic heterocycles. The maximum atomic E-state index is 3.68. The molecule has 1 rings (SSSR count). The monoisotopic (exact) mass is 265 g/mol. The number of benzene rings is 1. The van der Waals surface area contributed by atoms with Gasteiger partial charge in [0.1, 0.15) is 0 Å². The van der Waals surface area contributed by atoms with E-state index in [4.69, 9.17) is 0 Å². The molecule has 1 aromatic rings. The summed E-state index contributed by atoms with van der Waals surface area (Å²) in [6, 6.07) is 9.47. The summed E-state index contributed by atoms with van der Waals surface area (Å²) in [6.45, 7) is 10.1. The molecule has 2 heteroatoms. The van der Waals surface area contributed by atoms with E-state index in [2.05, 4.69) is 57.3 Å². The third kappa shape index (κ3) is 5.45. The Labute approximate surface area is 117 Å². The van der Waals surface area contributed by atoms with Gasteiger partial charge in [-0.3, -0.25) is 0 Å². The minimum atomic E-state index is 0.626. The first-order valence-electron chi connectivity index (χ1n) is 7.10. The highest BCUT2D eigenvalue weighted by atomic mass is 32.2. The lowest BCUT2D eigenvalue weighted by atomic mass is 10.0. The fourth-order valence-electron chi connectivity index (χ4n) is 1.86. The molecule has 0 radical (unpaired) electrons. The van der Waals surface area contributed by atoms with Gasteiger partial charge in [-0.05, 0) is 37.9 Å². The maximum absolute atomic E-state index is 3.68. The first-order valence-corrected chi connectivity index (χ1v) is 8.08. The summed E-state index contributed by atoms with van der Waals surface area (Å²) in [5.74, 6) is 1.91. The minimum Gasteiger partial charge on any atom is -0.313 e. The molecule has 0 heterocycles. The predicted molar refractivity (Wildman–Crippen MR) is 83.4 cm³/mol. The number of rotatable bonds is 8. The van der Waals surface area contributed by atoms with Gasteiger partial charge in [-0.2, -0.15) is 0 Å². The van der Waals surface area contributed by atoms with Gasteiger partial charge in [-0.15, -0.1) is 11.8 Å². The van der Waals surface area contributed by atoms with Gasteiger partial charge in [0.25, 0.3) is 0 Å². The molecule has 0 aromatic heterocycles. The zero-order chi connectivity index (χ0) is 13.4. The summed E-state index contributed by atoms with van der Waals surface area (Å²) in [7, 11) is 0. The lowest BCUT2D eigenvalue weighted by Gasteiger charge is -2.24. The van der Waals surface area contributed by atoms with Crippen LogP contribution < -0.4 is 5.32 Å². The molecule has 1 N–H and O–H groups in total. The van der Waals surface area contributed by atoms with Crippen molar-refractivity contribution in [3.05, 3.63) is 29.8 Å². The topological polar surface area (TPSA) is 12.0 Å². The highest BCUT2D eigenvalue weighted by molar-refractivity contribution is 7.99. The van der Waals surface area contributed by atoms with Crippen molar-refractivity contribution in [1.29, 1.82) is 0 Å². The van der Waals surface area contributed by atoms with Crippen molar-refractivity contribution >= 4 is 11.8 Å². The molecule has 2 atom stereocenters. The van der Waals surface area contributed by atoms with Gasteiger partial charge in [0.05, 0.1) is 0 Å². The first-order chi connectivity index (χ1) is 8.67. The van der Waals surface area contributed by atoms with E-state index >= 15 is 0 Å². The number of hydrogen-bond acceptors (Lipinski definition) is 2. The van der Waals surface area contributed by atoms with Gasteiger partial charge in [0.15, 0.2) is 0 Å². The Kier molecular flexibility index (Phi) is 7.45. The Hall–Kier alpha value is -0.470. The highest BCUT2D eigenvalue weighted by Gasteiger charge is 2.14. The average Bonchev–Trinajstić information content (AvgIpc) is 2.40. The molecule has 1 aromatic carbocycles. The van der Waals surface area contributed by atoms with Crippen LogP contribution in [0.15, 0.2) is 29.2 Å². The van der Waals surface area contributed by atoms with Crippen molar-refractivity contribution in [2.24, 2.45) is 5.92 Å². The molecule has 0 aliphatic rings. The molecular weight excluding hydrogens is 238 g/mol. The van der Waals surface area contributed by atoms with Crippen LogP contribution in [0, 0.1) is 12.8 Å². The van der Waals surface area contributed by atoms with Gasteiger partial charge in [-0.1, -0.05) is 44.9 Å². The summed E-state index contributed by atoms with van der Waals surface area (Å²) in [4.78, 5) is 1.38. The zero-order valence-corrected chi connectivity index (χ0v) is 13.0. The molecule has 0 spiro atoms. The molecule has 0 saturated heterocycles. The Morgan fingerprint density at radius 2 is 1.83 bits per heavy atom. The number of thioether (sulfide) groups is 1. The van der Waals surface area contributed by atoms with E-state index in [-0.39, 0.29) is 0 Å². The van der Waals surface area contributed by atoms with Gasteiger partial charge in [-0.25, -0.2) is 0 Å². The van der Waals surface area contributed by atoms with Crippen LogP contribution in [0.3, 0.4) is 0 Å². The highest BCUT2D eigenvalue weighted by Crippen LogP contribution is 2.22. The van der Waals surface area contributed by atoms with Crippen LogP contribution in [0.1, 0.15) is 39.2 Å². The van der Waals surface area contributed by atoms with Crippen molar-refractivity contribution in [3.8, 4) is 0 Å². The van der Waals surface area contributed by atoms with Gasteiger partial charge < -0.3 is 5.32 Å². The van der Waals surface area contributed by atoms with Crippen molar-refractivity contribution in [2.45, 2.75) is 51.5 Å². The SMILES string of the molecule is CCCNC(CSc1ccc(C)cc1)C(C)CC. The Morgan fingerprint density at radius 3 is 2.39 bits per heavy atom. The Bertz CT molecular complexity index is 320. The molecule has 0 saturated carbocycles. The summed E-state index contributed by atoms with van der Waals surface area (Å²) in [6.07, 6.45) is 2.46. The third-order valence-corrected chi connectivity index (χ3v) is 4.57. The fraction of sp³-hybridized carbons (Fsp3) is 0.625. The Balaban J connectivity index is 2.47. The lowest BCUT2D eigenvalue weighted by molar-refractivity contribution is 0.397. The summed E-state index contributed by atoms with van der Waals surface area (Å²) in [5, 5.41) is 3.68. The van der Waals surface area contributed by atoms with Gasteiger partial charge >= 0.3 is 0 Å². The smallest absolute Gasteiger partial charge is 0.0187 e. The first kappa shape index (κ1) is 15.6. The van der Waals surface area contributed by atoms with Crippen LogP contribution in [0.5, 0.6) is 0 Å². The summed E-state index contributed by atoms with van der Waals surface area (Å²) in [5.41, 5.74) is 1.34. The second-order valence-electron chi connectivity index (χ2n) is 5.07. The van der Waals surface area contributed by atoms with E-state index in [1.807, 2.05) is 11.8 Å². The second-order valence-corrected chi connectivity index (χ2v) is 6.16. The van der Waals surface area contributed by atoms with Crippen LogP contribution in [0.4, 0.5) is 0 Å². The number of aryl methyl sites for hydroxylation is 1. The molecule has 0 amide bonds. The largest absolute Gasteiger partial charge is 0.313 e. The number of nitrogens with one attached hydrogen (secondary N) is 1. The van der Waals surface area contributed by atoms with E-state index in [0.29, 0.717) is 6.04 Å². The van der Waals surface area contributed by atoms with Crippen molar-refractivity contribution in [2.75, 3.05) is 12.3 Å². The van der Waals surface area contributed by atoms with Crippen molar-refractivity contribution in [3.63, 3.8) is 0 Å². The van der Waals surface area contributed by atoms with E-state index in [1.165, 1.54) is 23.3 Å². The molecule has 0 bridgehead atoms. The molecule has 1 nitrogen and oxygen atoms in total. The van der Waals surface area contributed by atoms with Crippen molar-refractivity contribution in [1.82, 2.24) is 5.32 Å². The molecule has 102 valence electrons. The standard InChI is InChI=1S/C16H27NS/c1-5-11-17-16(14(4)6-2)12-18-15-9-7-13(3)8-10-15/h7-10,14,16-17H,5-6,11-12H2,1-4H3. The lowest BCUT2D eigenvalue weighted by Crippen LogP contribution is -2.37. The van der Waals surface area contributed by atoms with Gasteiger partial charge in [0.2, 0.25) is 0 Å². The third-order valence-electron chi connectivity index (χ3n) is 3.44. The Morgan fingerprint density at radius 1 is 1.17 bits per heavy atom. The predicted octanol–water partition coefficient (Wildman–Crippen LogP) is 4.50. The van der Waals surface area contributed by atoms with Crippen LogP contribution in [-0.4, -0.2) is 18.3 Å². The van der Waals surface area contributed by atoms with Crippen LogP contribution >= 0.6 is 11.8 Å². The molecule has 18 heavy (non-hydrogen) atoms. The molecular formula is C16H27NS. The summed E-state index contributed by atoms with van der Waals surface area (Å²) < 4.78 is 0. The number of hydrogen-bond donors (Lipinski definition) is 1. The normalized spacial score (nSPS) is 14.4. The van der Waals surface area contributed by atoms with E-state index in [1.54, 1.807) is 0 Å². The average molecular weight is 265 g/mol. The van der Waals surface area contributed by atoms with Crippen LogP contribution in [0.2, 0.25) is 0 Å². The zero-order valence-electron chi connectivity index (χ0n) is 12.2. The van der Waals surface area contributed by atoms with Crippen LogP contribution in [-0.2, 0) is 0 Å². The molecule has 0 fully saturated rings. The quantitative estimate of drug-likeness (QED) is 0.694. The van der Waals surface area contributed by atoms with E-state index in [9.17, 15) is 0 Å². The fourth-order valence-corrected chi connectivity index (χ4v) is 3.01. The van der Waals surface area contributed by atoms with Gasteiger partial charge in [0, 0.05) is 16.7 Å².